The summed E-state index contributed by atoms with van der Waals surface area (Å²) in [7, 11) is 1.75. The standard InChI is InChI=1S/C15H26N2O3/c1-19-7-4-12-11-20-14-9-16(8-13(12)14)10-15(18)17-5-2-3-6-17/h12-14H,2-11H2,1H3/t12-,13-,14-/m0/s1. The van der Waals surface area contributed by atoms with Gasteiger partial charge in [-0.15, -0.1) is 0 Å². The Kier molecular flexibility index (Phi) is 4.58. The van der Waals surface area contributed by atoms with Crippen molar-refractivity contribution in [2.24, 2.45) is 11.8 Å². The van der Waals surface area contributed by atoms with E-state index in [1.165, 1.54) is 12.8 Å². The lowest BCUT2D eigenvalue weighted by Gasteiger charge is -2.22. The van der Waals surface area contributed by atoms with Crippen LogP contribution in [0.1, 0.15) is 19.3 Å². The number of methoxy groups -OCH3 is 1. The van der Waals surface area contributed by atoms with Gasteiger partial charge < -0.3 is 14.4 Å². The molecule has 1 amide bonds. The Balaban J connectivity index is 1.48. The Morgan fingerprint density at radius 1 is 1.30 bits per heavy atom. The Morgan fingerprint density at radius 2 is 2.10 bits per heavy atom. The summed E-state index contributed by atoms with van der Waals surface area (Å²) in [6, 6.07) is 0. The molecular formula is C15H26N2O3. The number of amides is 1. The molecule has 114 valence electrons. The van der Waals surface area contributed by atoms with Crippen molar-refractivity contribution >= 4 is 5.91 Å². The number of rotatable bonds is 5. The summed E-state index contributed by atoms with van der Waals surface area (Å²) in [5.41, 5.74) is 0. The van der Waals surface area contributed by atoms with E-state index in [0.717, 1.165) is 45.8 Å². The minimum atomic E-state index is 0.302. The fourth-order valence-electron chi connectivity index (χ4n) is 3.83. The normalized spacial score (nSPS) is 33.9. The Bertz CT molecular complexity index is 344. The predicted molar refractivity (Wildman–Crippen MR) is 75.5 cm³/mol. The van der Waals surface area contributed by atoms with Crippen LogP contribution in [0, 0.1) is 11.8 Å². The molecule has 5 nitrogen and oxygen atoms in total. The Labute approximate surface area is 121 Å². The van der Waals surface area contributed by atoms with E-state index < -0.39 is 0 Å². The van der Waals surface area contributed by atoms with Crippen molar-refractivity contribution in [3.05, 3.63) is 0 Å². The first kappa shape index (κ1) is 14.3. The van der Waals surface area contributed by atoms with Crippen LogP contribution in [0.4, 0.5) is 0 Å². The van der Waals surface area contributed by atoms with Crippen molar-refractivity contribution in [2.45, 2.75) is 25.4 Å². The van der Waals surface area contributed by atoms with Gasteiger partial charge >= 0.3 is 0 Å². The summed E-state index contributed by atoms with van der Waals surface area (Å²) >= 11 is 0. The quantitative estimate of drug-likeness (QED) is 0.740. The predicted octanol–water partition coefficient (Wildman–Crippen LogP) is 0.592. The molecule has 20 heavy (non-hydrogen) atoms. The second kappa shape index (κ2) is 6.41. The minimum absolute atomic E-state index is 0.302. The Morgan fingerprint density at radius 3 is 2.85 bits per heavy atom. The van der Waals surface area contributed by atoms with Crippen LogP contribution in [-0.4, -0.2) is 74.9 Å². The van der Waals surface area contributed by atoms with Gasteiger partial charge in [-0.1, -0.05) is 0 Å². The van der Waals surface area contributed by atoms with Crippen molar-refractivity contribution < 1.29 is 14.3 Å². The molecule has 0 saturated carbocycles. The van der Waals surface area contributed by atoms with Gasteiger partial charge in [0.25, 0.3) is 0 Å². The fourth-order valence-corrected chi connectivity index (χ4v) is 3.83. The van der Waals surface area contributed by atoms with E-state index in [1.807, 2.05) is 4.90 Å². The molecule has 3 atom stereocenters. The summed E-state index contributed by atoms with van der Waals surface area (Å²) in [5.74, 6) is 1.50. The molecule has 0 bridgehead atoms. The van der Waals surface area contributed by atoms with Gasteiger partial charge in [-0.05, 0) is 25.2 Å². The van der Waals surface area contributed by atoms with Crippen LogP contribution in [0.5, 0.6) is 0 Å². The SMILES string of the molecule is COCC[C@H]1CO[C@H]2CN(CC(=O)N3CCCC3)C[C@@H]12. The molecule has 0 unspecified atom stereocenters. The number of fused-ring (bicyclic) bond motifs is 1. The Hall–Kier alpha value is -0.650. The highest BCUT2D eigenvalue weighted by atomic mass is 16.5. The van der Waals surface area contributed by atoms with Gasteiger partial charge in [-0.3, -0.25) is 9.69 Å². The third kappa shape index (κ3) is 3.00. The van der Waals surface area contributed by atoms with Gasteiger partial charge in [0.1, 0.15) is 0 Å². The summed E-state index contributed by atoms with van der Waals surface area (Å²) in [5, 5.41) is 0. The lowest BCUT2D eigenvalue weighted by Crippen LogP contribution is -2.38. The van der Waals surface area contributed by atoms with E-state index in [0.29, 0.717) is 30.4 Å². The highest BCUT2D eigenvalue weighted by Gasteiger charge is 2.43. The zero-order chi connectivity index (χ0) is 13.9. The maximum atomic E-state index is 12.2. The van der Waals surface area contributed by atoms with Crippen molar-refractivity contribution in [3.63, 3.8) is 0 Å². The highest BCUT2D eigenvalue weighted by Crippen LogP contribution is 2.35. The van der Waals surface area contributed by atoms with Crippen molar-refractivity contribution in [1.82, 2.24) is 9.80 Å². The first-order valence-electron chi connectivity index (χ1n) is 7.88. The van der Waals surface area contributed by atoms with Gasteiger partial charge in [-0.2, -0.15) is 0 Å². The van der Waals surface area contributed by atoms with Crippen LogP contribution in [0.15, 0.2) is 0 Å². The maximum absolute atomic E-state index is 12.2. The first-order chi connectivity index (χ1) is 9.78. The smallest absolute Gasteiger partial charge is 0.236 e. The van der Waals surface area contributed by atoms with Crippen LogP contribution in [0.25, 0.3) is 0 Å². The number of carbonyl (C=O) groups is 1. The molecule has 0 aromatic rings. The molecule has 0 spiro atoms. The van der Waals surface area contributed by atoms with Crippen molar-refractivity contribution in [2.75, 3.05) is 53.0 Å². The molecule has 3 saturated heterocycles. The molecule has 3 aliphatic rings. The number of hydrogen-bond donors (Lipinski definition) is 0. The monoisotopic (exact) mass is 282 g/mol. The zero-order valence-corrected chi connectivity index (χ0v) is 12.4. The third-order valence-corrected chi connectivity index (χ3v) is 5.02. The first-order valence-corrected chi connectivity index (χ1v) is 7.88. The van der Waals surface area contributed by atoms with Crippen LogP contribution in [-0.2, 0) is 14.3 Å². The summed E-state index contributed by atoms with van der Waals surface area (Å²) in [4.78, 5) is 16.5. The summed E-state index contributed by atoms with van der Waals surface area (Å²) < 4.78 is 11.1. The van der Waals surface area contributed by atoms with Crippen molar-refractivity contribution in [1.29, 1.82) is 0 Å². The molecule has 0 aromatic carbocycles. The minimum Gasteiger partial charge on any atom is -0.385 e. The van der Waals surface area contributed by atoms with Crippen LogP contribution in [0.2, 0.25) is 0 Å². The highest BCUT2D eigenvalue weighted by molar-refractivity contribution is 5.78. The lowest BCUT2D eigenvalue weighted by atomic mass is 9.91. The van der Waals surface area contributed by atoms with E-state index in [1.54, 1.807) is 7.11 Å². The molecular weight excluding hydrogens is 256 g/mol. The van der Waals surface area contributed by atoms with E-state index in [4.69, 9.17) is 9.47 Å². The van der Waals surface area contributed by atoms with Gasteiger partial charge in [0.05, 0.1) is 19.3 Å². The van der Waals surface area contributed by atoms with Crippen LogP contribution >= 0.6 is 0 Å². The lowest BCUT2D eigenvalue weighted by molar-refractivity contribution is -0.131. The second-order valence-electron chi connectivity index (χ2n) is 6.36. The molecule has 5 heteroatoms. The van der Waals surface area contributed by atoms with E-state index >= 15 is 0 Å². The van der Waals surface area contributed by atoms with Gasteiger partial charge in [0.2, 0.25) is 5.91 Å². The maximum Gasteiger partial charge on any atom is 0.236 e. The molecule has 3 aliphatic heterocycles. The number of carbonyl (C=O) groups excluding carboxylic acids is 1. The molecule has 0 N–H and O–H groups in total. The fraction of sp³-hybridized carbons (Fsp3) is 0.933. The molecule has 3 rings (SSSR count). The largest absolute Gasteiger partial charge is 0.385 e. The second-order valence-corrected chi connectivity index (χ2v) is 6.36. The van der Waals surface area contributed by atoms with Gasteiger partial charge in [-0.25, -0.2) is 0 Å². The molecule has 3 fully saturated rings. The molecule has 3 heterocycles. The third-order valence-electron chi connectivity index (χ3n) is 5.02. The molecule has 0 aliphatic carbocycles. The van der Waals surface area contributed by atoms with Gasteiger partial charge in [0.15, 0.2) is 0 Å². The molecule has 0 radical (unpaired) electrons. The van der Waals surface area contributed by atoms with Crippen LogP contribution < -0.4 is 0 Å². The summed E-state index contributed by atoms with van der Waals surface area (Å²) in [6.45, 7) is 6.09. The van der Waals surface area contributed by atoms with Gasteiger partial charge in [0, 0.05) is 45.8 Å². The van der Waals surface area contributed by atoms with E-state index in [2.05, 4.69) is 4.90 Å². The number of nitrogens with zero attached hydrogens (tertiary/aromatic N) is 2. The number of hydrogen-bond acceptors (Lipinski definition) is 4. The van der Waals surface area contributed by atoms with E-state index in [-0.39, 0.29) is 0 Å². The summed E-state index contributed by atoms with van der Waals surface area (Å²) in [6.07, 6.45) is 3.74. The van der Waals surface area contributed by atoms with Crippen molar-refractivity contribution in [3.8, 4) is 0 Å². The topological polar surface area (TPSA) is 42.0 Å². The number of likely N-dealkylation sites (tertiary alicyclic amines) is 2. The number of ether oxygens (including phenoxy) is 2. The van der Waals surface area contributed by atoms with Crippen LogP contribution in [0.3, 0.4) is 0 Å². The zero-order valence-electron chi connectivity index (χ0n) is 12.4. The average molecular weight is 282 g/mol. The molecule has 0 aromatic heterocycles. The average Bonchev–Trinajstić information content (AvgIpc) is 3.13. The van der Waals surface area contributed by atoms with E-state index in [9.17, 15) is 4.79 Å².